The second kappa shape index (κ2) is 9.71. The number of hydrogen-bond acceptors (Lipinski definition) is 4. The number of carbonyl (C=O) groups excluding carboxylic acids is 1. The number of nitrogens with zero attached hydrogens (tertiary/aromatic N) is 2. The summed E-state index contributed by atoms with van der Waals surface area (Å²) in [4.78, 5) is 20.0. The molecule has 7 heteroatoms. The Morgan fingerprint density at radius 2 is 2.14 bits per heavy atom. The lowest BCUT2D eigenvalue weighted by molar-refractivity contribution is 0.0702. The Kier molecular flexibility index (Phi) is 9.55. The second-order valence-electron chi connectivity index (χ2n) is 6.00. The van der Waals surface area contributed by atoms with Crippen molar-refractivity contribution >= 4 is 42.1 Å². The predicted molar refractivity (Wildman–Crippen MR) is 97.9 cm³/mol. The highest BCUT2D eigenvalue weighted by molar-refractivity contribution is 7.13. The largest absolute Gasteiger partial charge is 0.336 e. The average molecular weight is 368 g/mol. The van der Waals surface area contributed by atoms with Crippen LogP contribution in [0.2, 0.25) is 0 Å². The first-order chi connectivity index (χ1) is 9.51. The SMILES string of the molecule is CNC1CCCN(C(=O)c2sc(CC(C)C)nc2C)C1.Cl.Cl. The normalized spacial score (nSPS) is 17.9. The molecule has 2 heterocycles. The fourth-order valence-electron chi connectivity index (χ4n) is 2.63. The Morgan fingerprint density at radius 1 is 1.45 bits per heavy atom. The van der Waals surface area contributed by atoms with Gasteiger partial charge in [-0.3, -0.25) is 4.79 Å². The van der Waals surface area contributed by atoms with Crippen molar-refractivity contribution in [3.63, 3.8) is 0 Å². The molecular formula is C15H27Cl2N3OS. The lowest BCUT2D eigenvalue weighted by atomic mass is 10.1. The van der Waals surface area contributed by atoms with Gasteiger partial charge >= 0.3 is 0 Å². The number of aromatic nitrogens is 1. The van der Waals surface area contributed by atoms with Crippen LogP contribution in [-0.4, -0.2) is 42.0 Å². The minimum Gasteiger partial charge on any atom is -0.336 e. The van der Waals surface area contributed by atoms with E-state index in [0.29, 0.717) is 12.0 Å². The molecule has 22 heavy (non-hydrogen) atoms. The number of aryl methyl sites for hydroxylation is 1. The molecule has 0 aromatic carbocycles. The summed E-state index contributed by atoms with van der Waals surface area (Å²) >= 11 is 1.58. The van der Waals surface area contributed by atoms with E-state index in [1.165, 1.54) is 0 Å². The molecule has 1 atom stereocenters. The molecule has 1 aromatic heterocycles. The van der Waals surface area contributed by atoms with Crippen molar-refractivity contribution in [3.05, 3.63) is 15.6 Å². The number of rotatable bonds is 4. The molecule has 0 aliphatic carbocycles. The van der Waals surface area contributed by atoms with E-state index in [9.17, 15) is 4.79 Å². The molecule has 2 rings (SSSR count). The molecule has 1 N–H and O–H groups in total. The first-order valence-electron chi connectivity index (χ1n) is 7.44. The van der Waals surface area contributed by atoms with Crippen molar-refractivity contribution in [1.82, 2.24) is 15.2 Å². The van der Waals surface area contributed by atoms with Crippen molar-refractivity contribution in [2.45, 2.75) is 46.1 Å². The molecule has 1 fully saturated rings. The summed E-state index contributed by atoms with van der Waals surface area (Å²) in [7, 11) is 1.97. The summed E-state index contributed by atoms with van der Waals surface area (Å²) in [5, 5.41) is 4.37. The number of halogens is 2. The van der Waals surface area contributed by atoms with E-state index in [0.717, 1.165) is 47.9 Å². The van der Waals surface area contributed by atoms with Gasteiger partial charge in [-0.15, -0.1) is 36.2 Å². The minimum absolute atomic E-state index is 0. The van der Waals surface area contributed by atoms with E-state index in [2.05, 4.69) is 24.1 Å². The van der Waals surface area contributed by atoms with Gasteiger partial charge < -0.3 is 10.2 Å². The van der Waals surface area contributed by atoms with Gasteiger partial charge in [-0.1, -0.05) is 13.8 Å². The lowest BCUT2D eigenvalue weighted by Crippen LogP contribution is -2.46. The Labute approximate surface area is 149 Å². The first-order valence-corrected chi connectivity index (χ1v) is 8.25. The van der Waals surface area contributed by atoms with Crippen LogP contribution in [0.5, 0.6) is 0 Å². The van der Waals surface area contributed by atoms with Gasteiger partial charge in [0.15, 0.2) is 0 Å². The topological polar surface area (TPSA) is 45.2 Å². The number of carbonyl (C=O) groups is 1. The number of amides is 1. The molecule has 1 unspecified atom stereocenters. The van der Waals surface area contributed by atoms with E-state index in [1.807, 2.05) is 18.9 Å². The molecule has 1 saturated heterocycles. The highest BCUT2D eigenvalue weighted by Gasteiger charge is 2.26. The summed E-state index contributed by atoms with van der Waals surface area (Å²) in [6.07, 6.45) is 3.19. The molecule has 1 amide bonds. The number of likely N-dealkylation sites (N-methyl/N-ethyl adjacent to an activating group) is 1. The van der Waals surface area contributed by atoms with E-state index >= 15 is 0 Å². The monoisotopic (exact) mass is 367 g/mol. The number of nitrogens with one attached hydrogen (secondary N) is 1. The van der Waals surface area contributed by atoms with Crippen LogP contribution in [0, 0.1) is 12.8 Å². The first kappa shape index (κ1) is 21.6. The van der Waals surface area contributed by atoms with Crippen LogP contribution in [0.3, 0.4) is 0 Å². The zero-order chi connectivity index (χ0) is 14.7. The fourth-order valence-corrected chi connectivity index (χ4v) is 3.87. The van der Waals surface area contributed by atoms with E-state index in [4.69, 9.17) is 0 Å². The second-order valence-corrected chi connectivity index (χ2v) is 7.08. The third kappa shape index (κ3) is 5.37. The lowest BCUT2D eigenvalue weighted by Gasteiger charge is -2.32. The molecular weight excluding hydrogens is 341 g/mol. The van der Waals surface area contributed by atoms with Gasteiger partial charge in [-0.25, -0.2) is 4.98 Å². The highest BCUT2D eigenvalue weighted by atomic mass is 35.5. The Hall–Kier alpha value is -0.360. The summed E-state index contributed by atoms with van der Waals surface area (Å²) in [5.41, 5.74) is 0.891. The van der Waals surface area contributed by atoms with Gasteiger partial charge in [0, 0.05) is 25.6 Å². The van der Waals surface area contributed by atoms with Crippen LogP contribution in [0.1, 0.15) is 47.1 Å². The van der Waals surface area contributed by atoms with Crippen molar-refractivity contribution in [2.75, 3.05) is 20.1 Å². The Balaban J connectivity index is 0.00000220. The molecule has 0 saturated carbocycles. The van der Waals surface area contributed by atoms with Crippen molar-refractivity contribution in [2.24, 2.45) is 5.92 Å². The maximum Gasteiger partial charge on any atom is 0.265 e. The van der Waals surface area contributed by atoms with Gasteiger partial charge in [-0.05, 0) is 32.7 Å². The van der Waals surface area contributed by atoms with E-state index in [1.54, 1.807) is 11.3 Å². The average Bonchev–Trinajstić information content (AvgIpc) is 2.77. The molecule has 0 radical (unpaired) electrons. The van der Waals surface area contributed by atoms with Crippen LogP contribution in [0.4, 0.5) is 0 Å². The smallest absolute Gasteiger partial charge is 0.265 e. The van der Waals surface area contributed by atoms with Crippen LogP contribution >= 0.6 is 36.2 Å². The van der Waals surface area contributed by atoms with E-state index in [-0.39, 0.29) is 30.7 Å². The number of hydrogen-bond donors (Lipinski definition) is 1. The standard InChI is InChI=1S/C15H25N3OS.2ClH/c1-10(2)8-13-17-11(3)14(20-13)15(19)18-7-5-6-12(9-18)16-4;;/h10,12,16H,5-9H2,1-4H3;2*1H. The Bertz CT molecular complexity index is 479. The summed E-state index contributed by atoms with van der Waals surface area (Å²) in [5.74, 6) is 0.738. The van der Waals surface area contributed by atoms with Gasteiger partial charge in [-0.2, -0.15) is 0 Å². The van der Waals surface area contributed by atoms with Gasteiger partial charge in [0.25, 0.3) is 5.91 Å². The van der Waals surface area contributed by atoms with Crippen molar-refractivity contribution in [3.8, 4) is 0 Å². The molecule has 128 valence electrons. The summed E-state index contributed by atoms with van der Waals surface area (Å²) in [6.45, 7) is 7.99. The van der Waals surface area contributed by atoms with Gasteiger partial charge in [0.2, 0.25) is 0 Å². The number of thiazole rings is 1. The van der Waals surface area contributed by atoms with Gasteiger partial charge in [0.05, 0.1) is 10.7 Å². The summed E-state index contributed by atoms with van der Waals surface area (Å²) < 4.78 is 0. The molecule has 1 aliphatic heterocycles. The number of likely N-dealkylation sites (tertiary alicyclic amines) is 1. The maximum absolute atomic E-state index is 12.6. The van der Waals surface area contributed by atoms with Crippen molar-refractivity contribution < 1.29 is 4.79 Å². The zero-order valence-electron chi connectivity index (χ0n) is 13.7. The molecule has 0 bridgehead atoms. The van der Waals surface area contributed by atoms with E-state index < -0.39 is 0 Å². The quantitative estimate of drug-likeness (QED) is 0.887. The maximum atomic E-state index is 12.6. The third-order valence-electron chi connectivity index (χ3n) is 3.73. The highest BCUT2D eigenvalue weighted by Crippen LogP contribution is 2.23. The molecule has 1 aromatic rings. The zero-order valence-corrected chi connectivity index (χ0v) is 16.2. The minimum atomic E-state index is 0. The van der Waals surface area contributed by atoms with Crippen LogP contribution in [0.25, 0.3) is 0 Å². The fraction of sp³-hybridized carbons (Fsp3) is 0.733. The molecule has 4 nitrogen and oxygen atoms in total. The molecule has 1 aliphatic rings. The summed E-state index contributed by atoms with van der Waals surface area (Å²) in [6, 6.07) is 0.427. The molecule has 0 spiro atoms. The van der Waals surface area contributed by atoms with Crippen LogP contribution in [0.15, 0.2) is 0 Å². The van der Waals surface area contributed by atoms with Crippen LogP contribution < -0.4 is 5.32 Å². The number of piperidine rings is 1. The van der Waals surface area contributed by atoms with Crippen LogP contribution in [-0.2, 0) is 6.42 Å². The van der Waals surface area contributed by atoms with Gasteiger partial charge in [0.1, 0.15) is 4.88 Å². The predicted octanol–water partition coefficient (Wildman–Crippen LogP) is 3.32. The third-order valence-corrected chi connectivity index (χ3v) is 4.90. The van der Waals surface area contributed by atoms with Crippen molar-refractivity contribution in [1.29, 1.82) is 0 Å². The Morgan fingerprint density at radius 3 is 2.73 bits per heavy atom.